The monoisotopic (exact) mass is 345 g/mol. The Bertz CT molecular complexity index is 737. The molecule has 1 aromatic heterocycles. The molecule has 8 heteroatoms. The number of nitrogen functional groups attached to an aromatic ring is 1. The Labute approximate surface area is 133 Å². The quantitative estimate of drug-likeness (QED) is 0.815. The summed E-state index contributed by atoms with van der Waals surface area (Å²) in [6.45, 7) is 0.207. The number of benzene rings is 1. The Morgan fingerprint density at radius 2 is 1.95 bits per heavy atom. The van der Waals surface area contributed by atoms with E-state index < -0.39 is 10.0 Å². The fraction of sp³-hybridized carbons (Fsp3) is 0.154. The molecule has 0 bridgehead atoms. The number of hydrogen-bond donors (Lipinski definition) is 2. The van der Waals surface area contributed by atoms with Crippen LogP contribution in [-0.2, 0) is 16.4 Å². The maximum Gasteiger partial charge on any atom is 0.242 e. The van der Waals surface area contributed by atoms with Crippen LogP contribution in [0.5, 0.6) is 0 Å². The molecule has 0 amide bonds. The van der Waals surface area contributed by atoms with E-state index in [9.17, 15) is 8.42 Å². The predicted octanol–water partition coefficient (Wildman–Crippen LogP) is 2.49. The standard InChI is InChI=1S/C13H13Cl2N3O2S/c14-10-4-5-11(12(15)13(10)16)21(19,20)18-8-6-9-3-1-2-7-17-9/h1-5,7,18H,6,8,16H2. The second kappa shape index (κ2) is 6.62. The highest BCUT2D eigenvalue weighted by atomic mass is 35.5. The van der Waals surface area contributed by atoms with Gasteiger partial charge in [0.25, 0.3) is 0 Å². The first kappa shape index (κ1) is 16.0. The molecule has 1 aromatic carbocycles. The van der Waals surface area contributed by atoms with E-state index in [2.05, 4.69) is 9.71 Å². The van der Waals surface area contributed by atoms with Crippen molar-refractivity contribution in [3.05, 3.63) is 52.3 Å². The molecule has 0 saturated carbocycles. The van der Waals surface area contributed by atoms with Crippen molar-refractivity contribution in [1.82, 2.24) is 9.71 Å². The first-order valence-electron chi connectivity index (χ1n) is 6.05. The molecule has 0 radical (unpaired) electrons. The first-order chi connectivity index (χ1) is 9.92. The van der Waals surface area contributed by atoms with Gasteiger partial charge in [0.05, 0.1) is 15.7 Å². The Morgan fingerprint density at radius 1 is 1.19 bits per heavy atom. The summed E-state index contributed by atoms with van der Waals surface area (Å²) in [6, 6.07) is 8.18. The molecule has 0 saturated heterocycles. The molecular weight excluding hydrogens is 333 g/mol. The minimum Gasteiger partial charge on any atom is -0.396 e. The molecule has 5 nitrogen and oxygen atoms in total. The smallest absolute Gasteiger partial charge is 0.242 e. The maximum atomic E-state index is 12.2. The summed E-state index contributed by atoms with van der Waals surface area (Å²) in [5, 5.41) is 0.139. The normalized spacial score (nSPS) is 11.5. The number of halogens is 2. The van der Waals surface area contributed by atoms with Crippen LogP contribution < -0.4 is 10.5 Å². The number of rotatable bonds is 5. The molecule has 0 unspecified atom stereocenters. The third-order valence-electron chi connectivity index (χ3n) is 2.78. The zero-order valence-electron chi connectivity index (χ0n) is 10.9. The molecule has 0 aliphatic heterocycles. The molecule has 21 heavy (non-hydrogen) atoms. The van der Waals surface area contributed by atoms with E-state index in [1.807, 2.05) is 12.1 Å². The summed E-state index contributed by atoms with van der Waals surface area (Å²) < 4.78 is 26.8. The molecule has 0 atom stereocenters. The zero-order valence-corrected chi connectivity index (χ0v) is 13.2. The van der Waals surface area contributed by atoms with Gasteiger partial charge in [-0.15, -0.1) is 0 Å². The third kappa shape index (κ3) is 3.85. The lowest BCUT2D eigenvalue weighted by molar-refractivity contribution is 0.581. The summed E-state index contributed by atoms with van der Waals surface area (Å²) in [7, 11) is -3.75. The van der Waals surface area contributed by atoms with Gasteiger partial charge >= 0.3 is 0 Å². The first-order valence-corrected chi connectivity index (χ1v) is 8.29. The van der Waals surface area contributed by atoms with E-state index in [0.717, 1.165) is 5.69 Å². The average molecular weight is 346 g/mol. The molecule has 1 heterocycles. The summed E-state index contributed by atoms with van der Waals surface area (Å²) in [5.41, 5.74) is 6.47. The van der Waals surface area contributed by atoms with Gasteiger partial charge in [0.1, 0.15) is 4.90 Å². The topological polar surface area (TPSA) is 85.1 Å². The van der Waals surface area contributed by atoms with Gasteiger partial charge in [-0.2, -0.15) is 0 Å². The van der Waals surface area contributed by atoms with E-state index in [0.29, 0.717) is 6.42 Å². The largest absolute Gasteiger partial charge is 0.396 e. The second-order valence-corrected chi connectivity index (χ2v) is 6.76. The number of pyridine rings is 1. The van der Waals surface area contributed by atoms with E-state index >= 15 is 0 Å². The highest BCUT2D eigenvalue weighted by Crippen LogP contribution is 2.32. The van der Waals surface area contributed by atoms with Crippen molar-refractivity contribution >= 4 is 38.9 Å². The Morgan fingerprint density at radius 3 is 2.62 bits per heavy atom. The Kier molecular flexibility index (Phi) is 5.05. The number of anilines is 1. The van der Waals surface area contributed by atoms with Crippen LogP contribution in [0.1, 0.15) is 5.69 Å². The van der Waals surface area contributed by atoms with Crippen LogP contribution >= 0.6 is 23.2 Å². The van der Waals surface area contributed by atoms with Crippen molar-refractivity contribution in [2.75, 3.05) is 12.3 Å². The summed E-state index contributed by atoms with van der Waals surface area (Å²) in [5.74, 6) is 0. The number of sulfonamides is 1. The molecule has 2 rings (SSSR count). The molecule has 0 aliphatic rings. The van der Waals surface area contributed by atoms with E-state index in [1.165, 1.54) is 12.1 Å². The minimum absolute atomic E-state index is 0.0472. The van der Waals surface area contributed by atoms with Gasteiger partial charge in [0, 0.05) is 24.9 Å². The van der Waals surface area contributed by atoms with Crippen LogP contribution in [0.2, 0.25) is 10.0 Å². The molecule has 0 aliphatic carbocycles. The van der Waals surface area contributed by atoms with Crippen LogP contribution in [0, 0.1) is 0 Å². The number of hydrogen-bond acceptors (Lipinski definition) is 4. The van der Waals surface area contributed by atoms with Gasteiger partial charge < -0.3 is 5.73 Å². The highest BCUT2D eigenvalue weighted by molar-refractivity contribution is 7.89. The molecule has 2 aromatic rings. The van der Waals surface area contributed by atoms with Gasteiger partial charge in [-0.1, -0.05) is 29.3 Å². The van der Waals surface area contributed by atoms with Crippen molar-refractivity contribution < 1.29 is 8.42 Å². The number of aromatic nitrogens is 1. The van der Waals surface area contributed by atoms with Crippen LogP contribution in [-0.4, -0.2) is 19.9 Å². The van der Waals surface area contributed by atoms with Crippen molar-refractivity contribution in [2.45, 2.75) is 11.3 Å². The summed E-state index contributed by atoms with van der Waals surface area (Å²) in [4.78, 5) is 4.03. The van der Waals surface area contributed by atoms with Crippen molar-refractivity contribution in [3.63, 3.8) is 0 Å². The van der Waals surface area contributed by atoms with Crippen LogP contribution in [0.25, 0.3) is 0 Å². The van der Waals surface area contributed by atoms with Gasteiger partial charge in [0.2, 0.25) is 10.0 Å². The highest BCUT2D eigenvalue weighted by Gasteiger charge is 2.20. The Balaban J connectivity index is 2.11. The number of nitrogens with one attached hydrogen (secondary N) is 1. The molecule has 0 fully saturated rings. The van der Waals surface area contributed by atoms with E-state index in [4.69, 9.17) is 28.9 Å². The zero-order chi connectivity index (χ0) is 15.5. The fourth-order valence-electron chi connectivity index (χ4n) is 1.69. The molecule has 0 spiro atoms. The van der Waals surface area contributed by atoms with E-state index in [-0.39, 0.29) is 27.2 Å². The lowest BCUT2D eigenvalue weighted by atomic mass is 10.3. The van der Waals surface area contributed by atoms with Crippen molar-refractivity contribution in [2.24, 2.45) is 0 Å². The minimum atomic E-state index is -3.75. The second-order valence-electron chi connectivity index (χ2n) is 4.24. The fourth-order valence-corrected chi connectivity index (χ4v) is 3.49. The molecule has 3 N–H and O–H groups in total. The molecular formula is C13H13Cl2N3O2S. The summed E-state index contributed by atoms with van der Waals surface area (Å²) in [6.07, 6.45) is 2.13. The Hall–Kier alpha value is -1.34. The van der Waals surface area contributed by atoms with Crippen molar-refractivity contribution in [1.29, 1.82) is 0 Å². The van der Waals surface area contributed by atoms with Gasteiger partial charge in [-0.3, -0.25) is 4.98 Å². The molecule has 112 valence electrons. The van der Waals surface area contributed by atoms with Crippen LogP contribution in [0.4, 0.5) is 5.69 Å². The third-order valence-corrected chi connectivity index (χ3v) is 5.13. The SMILES string of the molecule is Nc1c(Cl)ccc(S(=O)(=O)NCCc2ccccn2)c1Cl. The summed E-state index contributed by atoms with van der Waals surface area (Å²) >= 11 is 11.7. The lowest BCUT2D eigenvalue weighted by Gasteiger charge is -2.10. The number of nitrogens with two attached hydrogens (primary N) is 1. The van der Waals surface area contributed by atoms with Gasteiger partial charge in [0.15, 0.2) is 0 Å². The van der Waals surface area contributed by atoms with E-state index in [1.54, 1.807) is 12.3 Å². The van der Waals surface area contributed by atoms with Crippen molar-refractivity contribution in [3.8, 4) is 0 Å². The van der Waals surface area contributed by atoms with Crippen LogP contribution in [0.3, 0.4) is 0 Å². The van der Waals surface area contributed by atoms with Gasteiger partial charge in [-0.25, -0.2) is 13.1 Å². The van der Waals surface area contributed by atoms with Gasteiger partial charge in [-0.05, 0) is 24.3 Å². The lowest BCUT2D eigenvalue weighted by Crippen LogP contribution is -2.26. The van der Waals surface area contributed by atoms with Crippen LogP contribution in [0.15, 0.2) is 41.4 Å². The number of nitrogens with zero attached hydrogens (tertiary/aromatic N) is 1. The maximum absolute atomic E-state index is 12.2. The average Bonchev–Trinajstić information content (AvgIpc) is 2.45. The predicted molar refractivity (Wildman–Crippen MR) is 84.0 cm³/mol.